The van der Waals surface area contributed by atoms with Gasteiger partial charge in [0.1, 0.15) is 5.82 Å². The van der Waals surface area contributed by atoms with Crippen molar-refractivity contribution in [3.63, 3.8) is 0 Å². The lowest BCUT2D eigenvalue weighted by molar-refractivity contribution is 0.617. The molecule has 0 fully saturated rings. The van der Waals surface area contributed by atoms with Gasteiger partial charge >= 0.3 is 0 Å². The van der Waals surface area contributed by atoms with Crippen molar-refractivity contribution in [2.24, 2.45) is 0 Å². The number of benzene rings is 1. The van der Waals surface area contributed by atoms with Gasteiger partial charge in [-0.3, -0.25) is 4.98 Å². The van der Waals surface area contributed by atoms with Gasteiger partial charge in [-0.05, 0) is 36.4 Å². The van der Waals surface area contributed by atoms with Crippen LogP contribution >= 0.6 is 0 Å². The van der Waals surface area contributed by atoms with Gasteiger partial charge in [0.05, 0.1) is 17.9 Å². The van der Waals surface area contributed by atoms with E-state index in [4.69, 9.17) is 0 Å². The van der Waals surface area contributed by atoms with Crippen molar-refractivity contribution in [1.82, 2.24) is 25.6 Å². The molecule has 1 atom stereocenters. The predicted octanol–water partition coefficient (Wildman–Crippen LogP) is 2.57. The maximum atomic E-state index is 12.9. The zero-order valence-electron chi connectivity index (χ0n) is 11.3. The average Bonchev–Trinajstić information content (AvgIpc) is 3.02. The molecule has 0 amide bonds. The molecule has 0 aliphatic carbocycles. The van der Waals surface area contributed by atoms with Crippen molar-refractivity contribution in [2.75, 3.05) is 5.32 Å². The van der Waals surface area contributed by atoms with Gasteiger partial charge in [-0.15, -0.1) is 10.2 Å². The first-order valence-corrected chi connectivity index (χ1v) is 6.44. The molecule has 106 valence electrons. The largest absolute Gasteiger partial charge is 0.377 e. The zero-order chi connectivity index (χ0) is 14.7. The van der Waals surface area contributed by atoms with E-state index < -0.39 is 0 Å². The molecular weight excluding hydrogens is 271 g/mol. The Labute approximate surface area is 120 Å². The summed E-state index contributed by atoms with van der Waals surface area (Å²) in [6.45, 7) is 1.96. The van der Waals surface area contributed by atoms with Gasteiger partial charge in [-0.2, -0.15) is 5.21 Å². The number of halogens is 1. The molecule has 2 N–H and O–H groups in total. The number of hydrogen-bond acceptors (Lipinski definition) is 5. The molecule has 3 aromatic rings. The van der Waals surface area contributed by atoms with Crippen LogP contribution in [0.1, 0.15) is 18.7 Å². The second kappa shape index (κ2) is 5.66. The lowest BCUT2D eigenvalue weighted by Crippen LogP contribution is -2.08. The molecule has 2 aromatic heterocycles. The minimum atomic E-state index is -0.343. The molecule has 0 radical (unpaired) electrons. The smallest absolute Gasteiger partial charge is 0.204 e. The van der Waals surface area contributed by atoms with Crippen LogP contribution in [0.2, 0.25) is 0 Å². The molecule has 1 unspecified atom stereocenters. The monoisotopic (exact) mass is 284 g/mol. The highest BCUT2D eigenvalue weighted by atomic mass is 19.1. The van der Waals surface area contributed by atoms with Crippen LogP contribution in [0.3, 0.4) is 0 Å². The third-order valence-electron chi connectivity index (χ3n) is 3.04. The topological polar surface area (TPSA) is 79.4 Å². The van der Waals surface area contributed by atoms with E-state index in [0.717, 1.165) is 16.9 Å². The maximum absolute atomic E-state index is 12.9. The van der Waals surface area contributed by atoms with E-state index in [9.17, 15) is 4.39 Å². The Hall–Kier alpha value is -2.83. The van der Waals surface area contributed by atoms with Crippen LogP contribution in [0.4, 0.5) is 10.1 Å². The first-order chi connectivity index (χ1) is 10.2. The lowest BCUT2D eigenvalue weighted by Gasteiger charge is -2.15. The van der Waals surface area contributed by atoms with Crippen LogP contribution in [0.25, 0.3) is 11.4 Å². The van der Waals surface area contributed by atoms with Crippen molar-refractivity contribution in [3.8, 4) is 11.4 Å². The Morgan fingerprint density at radius 1 is 1.24 bits per heavy atom. The van der Waals surface area contributed by atoms with Crippen LogP contribution in [-0.4, -0.2) is 25.6 Å². The van der Waals surface area contributed by atoms with Gasteiger partial charge in [0.25, 0.3) is 0 Å². The SMILES string of the molecule is CC(Nc1cccc(-c2nn[nH]n2)c1)c1ccc(F)cn1. The van der Waals surface area contributed by atoms with Gasteiger partial charge in [0.15, 0.2) is 0 Å². The van der Waals surface area contributed by atoms with Crippen LogP contribution in [0, 0.1) is 5.82 Å². The van der Waals surface area contributed by atoms with E-state index in [-0.39, 0.29) is 11.9 Å². The number of anilines is 1. The summed E-state index contributed by atoms with van der Waals surface area (Å²) in [5.41, 5.74) is 2.52. The van der Waals surface area contributed by atoms with Gasteiger partial charge in [0, 0.05) is 11.3 Å². The van der Waals surface area contributed by atoms with Crippen LogP contribution in [0.15, 0.2) is 42.6 Å². The fourth-order valence-electron chi connectivity index (χ4n) is 2.00. The number of nitrogens with zero attached hydrogens (tertiary/aromatic N) is 4. The van der Waals surface area contributed by atoms with Crippen LogP contribution in [-0.2, 0) is 0 Å². The molecule has 0 saturated carbocycles. The van der Waals surface area contributed by atoms with E-state index in [1.165, 1.54) is 12.3 Å². The molecule has 1 aromatic carbocycles. The normalized spacial score (nSPS) is 12.1. The number of H-pyrrole nitrogens is 1. The molecule has 0 saturated heterocycles. The van der Waals surface area contributed by atoms with Crippen molar-refractivity contribution < 1.29 is 4.39 Å². The van der Waals surface area contributed by atoms with Gasteiger partial charge in [-0.1, -0.05) is 12.1 Å². The average molecular weight is 284 g/mol. The number of tetrazole rings is 1. The van der Waals surface area contributed by atoms with E-state index in [1.807, 2.05) is 31.2 Å². The summed E-state index contributed by atoms with van der Waals surface area (Å²) < 4.78 is 12.9. The summed E-state index contributed by atoms with van der Waals surface area (Å²) in [7, 11) is 0. The zero-order valence-corrected chi connectivity index (χ0v) is 11.3. The summed E-state index contributed by atoms with van der Waals surface area (Å²) in [5, 5.41) is 17.2. The minimum absolute atomic E-state index is 0.0499. The second-order valence-electron chi connectivity index (χ2n) is 4.58. The highest BCUT2D eigenvalue weighted by Gasteiger charge is 2.08. The third kappa shape index (κ3) is 3.02. The van der Waals surface area contributed by atoms with Crippen molar-refractivity contribution in [2.45, 2.75) is 13.0 Å². The van der Waals surface area contributed by atoms with Crippen molar-refractivity contribution in [3.05, 3.63) is 54.1 Å². The van der Waals surface area contributed by atoms with E-state index in [1.54, 1.807) is 6.07 Å². The molecule has 0 bridgehead atoms. The number of nitrogens with one attached hydrogen (secondary N) is 2. The van der Waals surface area contributed by atoms with Gasteiger partial charge in [-0.25, -0.2) is 4.39 Å². The number of pyridine rings is 1. The molecule has 2 heterocycles. The van der Waals surface area contributed by atoms with Crippen LogP contribution < -0.4 is 5.32 Å². The fourth-order valence-corrected chi connectivity index (χ4v) is 2.00. The minimum Gasteiger partial charge on any atom is -0.377 e. The summed E-state index contributed by atoms with van der Waals surface area (Å²) in [6.07, 6.45) is 1.21. The number of aromatic amines is 1. The Balaban J connectivity index is 1.78. The number of aromatic nitrogens is 5. The summed E-state index contributed by atoms with van der Waals surface area (Å²) in [6, 6.07) is 10.7. The summed E-state index contributed by atoms with van der Waals surface area (Å²) >= 11 is 0. The van der Waals surface area contributed by atoms with Crippen molar-refractivity contribution >= 4 is 5.69 Å². The number of rotatable bonds is 4. The molecule has 0 aliphatic rings. The lowest BCUT2D eigenvalue weighted by atomic mass is 10.1. The Morgan fingerprint density at radius 2 is 2.14 bits per heavy atom. The molecule has 21 heavy (non-hydrogen) atoms. The highest BCUT2D eigenvalue weighted by molar-refractivity contribution is 5.62. The van der Waals surface area contributed by atoms with E-state index >= 15 is 0 Å². The fraction of sp³-hybridized carbons (Fsp3) is 0.143. The predicted molar refractivity (Wildman–Crippen MR) is 75.8 cm³/mol. The second-order valence-corrected chi connectivity index (χ2v) is 4.58. The molecule has 0 aliphatic heterocycles. The van der Waals surface area contributed by atoms with E-state index in [2.05, 4.69) is 30.9 Å². The van der Waals surface area contributed by atoms with Gasteiger partial charge in [0.2, 0.25) is 5.82 Å². The summed E-state index contributed by atoms with van der Waals surface area (Å²) in [4.78, 5) is 4.07. The molecule has 3 rings (SSSR count). The molecule has 6 nitrogen and oxygen atoms in total. The number of hydrogen-bond donors (Lipinski definition) is 2. The van der Waals surface area contributed by atoms with Crippen molar-refractivity contribution in [1.29, 1.82) is 0 Å². The first-order valence-electron chi connectivity index (χ1n) is 6.44. The standard InChI is InChI=1S/C14H13FN6/c1-9(13-6-5-11(15)8-16-13)17-12-4-2-3-10(7-12)14-18-20-21-19-14/h2-9,17H,1H3,(H,18,19,20,21). The molecular formula is C14H13FN6. The molecule has 0 spiro atoms. The Kier molecular flexibility index (Phi) is 3.55. The summed E-state index contributed by atoms with van der Waals surface area (Å²) in [5.74, 6) is 0.191. The van der Waals surface area contributed by atoms with E-state index in [0.29, 0.717) is 5.82 Å². The van der Waals surface area contributed by atoms with Crippen LogP contribution in [0.5, 0.6) is 0 Å². The quantitative estimate of drug-likeness (QED) is 0.769. The molecule has 7 heteroatoms. The highest BCUT2D eigenvalue weighted by Crippen LogP contribution is 2.22. The Morgan fingerprint density at radius 3 is 2.86 bits per heavy atom. The third-order valence-corrected chi connectivity index (χ3v) is 3.04. The Bertz CT molecular complexity index is 711. The maximum Gasteiger partial charge on any atom is 0.204 e. The van der Waals surface area contributed by atoms with Gasteiger partial charge < -0.3 is 5.32 Å². The first kappa shape index (κ1) is 13.2.